The molecule has 0 saturated heterocycles. The summed E-state index contributed by atoms with van der Waals surface area (Å²) < 4.78 is 196. The van der Waals surface area contributed by atoms with Gasteiger partial charge in [0, 0.05) is 11.8 Å². The van der Waals surface area contributed by atoms with Gasteiger partial charge in [0.05, 0.1) is 0 Å². The van der Waals surface area contributed by atoms with Crippen molar-refractivity contribution in [3.8, 4) is 5.75 Å². The number of phenolic OH excluding ortho intramolecular Hbond substituents is 1. The molecule has 2 nitrogen and oxygen atoms in total. The molecule has 0 spiro atoms. The molecule has 1 N–H and O–H groups in total. The molecule has 0 bridgehead atoms. The molecule has 36 heavy (non-hydrogen) atoms. The van der Waals surface area contributed by atoms with Gasteiger partial charge in [0.1, 0.15) is 12.3 Å². The predicted octanol–water partition coefficient (Wildman–Crippen LogP) is 7.87. The fraction of sp³-hybridized carbons (Fsp3) is 0.562. The van der Waals surface area contributed by atoms with E-state index in [9.17, 15) is 71.0 Å². The van der Waals surface area contributed by atoms with Crippen molar-refractivity contribution in [2.45, 2.75) is 48.6 Å². The zero-order chi connectivity index (χ0) is 29.2. The molecule has 0 aliphatic carbocycles. The Morgan fingerprint density at radius 3 is 1.56 bits per heavy atom. The number of para-hydroxylation sites is 1. The van der Waals surface area contributed by atoms with E-state index in [-0.39, 0.29) is 11.8 Å². The Hall–Kier alpha value is -1.07. The Labute approximate surface area is 208 Å². The van der Waals surface area contributed by atoms with Crippen molar-refractivity contribution in [2.24, 2.45) is 4.99 Å². The summed E-state index contributed by atoms with van der Waals surface area (Å²) in [4.78, 5) is 2.52. The number of aryl methyl sites for hydroxylation is 1. The van der Waals surface area contributed by atoms with E-state index in [2.05, 4.69) is 4.99 Å². The number of aromatic hydroxyl groups is 1. The second kappa shape index (κ2) is 11.4. The maximum atomic E-state index is 13.6. The van der Waals surface area contributed by atoms with Crippen LogP contribution in [0.25, 0.3) is 0 Å². The van der Waals surface area contributed by atoms with Crippen molar-refractivity contribution < 1.29 is 88.0 Å². The van der Waals surface area contributed by atoms with E-state index in [0.717, 1.165) is 6.07 Å². The van der Waals surface area contributed by atoms with E-state index in [1.54, 1.807) is 0 Å². The molecule has 0 unspecified atom stereocenters. The molecule has 0 amide bonds. The van der Waals surface area contributed by atoms with Gasteiger partial charge in [-0.2, -0.15) is 65.9 Å². The van der Waals surface area contributed by atoms with Gasteiger partial charge in [-0.15, -0.1) is 0 Å². The van der Waals surface area contributed by atoms with E-state index in [4.69, 9.17) is 18.6 Å². The van der Waals surface area contributed by atoms with Gasteiger partial charge in [-0.3, -0.25) is 4.99 Å². The summed E-state index contributed by atoms with van der Waals surface area (Å²) in [5, 5.41) is 9.56. The van der Waals surface area contributed by atoms with Crippen LogP contribution in [0, 0.1) is 6.92 Å². The van der Waals surface area contributed by atoms with E-state index < -0.39 is 76.6 Å². The van der Waals surface area contributed by atoms with Crippen molar-refractivity contribution in [1.82, 2.24) is 0 Å². The molecule has 0 radical (unpaired) electrons. The van der Waals surface area contributed by atoms with Crippen molar-refractivity contribution in [3.63, 3.8) is 0 Å². The van der Waals surface area contributed by atoms with Crippen molar-refractivity contribution >= 4 is 24.8 Å². The number of phenols is 1. The Bertz CT molecular complexity index is 921. The predicted molar refractivity (Wildman–Crippen MR) is 92.7 cm³/mol. The number of benzene rings is 1. The van der Waals surface area contributed by atoms with Gasteiger partial charge in [-0.1, -0.05) is 12.1 Å². The van der Waals surface area contributed by atoms with Crippen molar-refractivity contribution in [2.75, 3.05) is 6.54 Å². The monoisotopic (exact) mass is 635 g/mol. The zero-order valence-corrected chi connectivity index (χ0v) is 19.9. The van der Waals surface area contributed by atoms with Crippen LogP contribution in [-0.2, 0) is 17.0 Å². The Morgan fingerprint density at radius 2 is 1.14 bits per heavy atom. The van der Waals surface area contributed by atoms with Crippen LogP contribution in [0.3, 0.4) is 0 Å². The molecular formula is C16H10Cl2F15NOTi. The quantitative estimate of drug-likeness (QED) is 0.176. The standard InChI is InChI=1S/C16H10F15NO.2ClH.Ti/c1-7-3-2-4-8(9(7)33)5-32-6-10(17,18)11(19,20)12(21,22)13(23,24)14(25,26)15(27,28)16(29,30)31;;;/h2-5,33H,6H2,1H3;2*1H;/q;;;+2/p-2. The Kier molecular flexibility index (Phi) is 11.0. The summed E-state index contributed by atoms with van der Waals surface area (Å²) in [6.45, 7) is -1.59. The summed E-state index contributed by atoms with van der Waals surface area (Å²) >= 11 is -0.556. The van der Waals surface area contributed by atoms with Crippen LogP contribution >= 0.6 is 18.6 Å². The summed E-state index contributed by atoms with van der Waals surface area (Å²) in [6.07, 6.45) is -7.47. The summed E-state index contributed by atoms with van der Waals surface area (Å²) in [5.41, 5.74) is -0.391. The van der Waals surface area contributed by atoms with E-state index in [1.165, 1.54) is 19.1 Å². The average Bonchev–Trinajstić information content (AvgIpc) is 2.70. The normalized spacial score (nSPS) is 14.5. The summed E-state index contributed by atoms with van der Waals surface area (Å²) in [5.74, 6) is -47.5. The van der Waals surface area contributed by atoms with Crippen LogP contribution < -0.4 is 0 Å². The number of hydrogen-bond donors (Lipinski definition) is 1. The molecule has 0 fully saturated rings. The molecule has 0 heterocycles. The van der Waals surface area contributed by atoms with Crippen molar-refractivity contribution in [3.05, 3.63) is 29.3 Å². The molecule has 1 aromatic rings. The minimum atomic E-state index is -8.33. The number of halogens is 17. The number of nitrogens with zero attached hydrogens (tertiary/aromatic N) is 1. The number of rotatable bonds is 8. The Balaban J connectivity index is 0.00000387. The molecule has 0 aliphatic rings. The topological polar surface area (TPSA) is 32.6 Å². The third kappa shape index (κ3) is 6.14. The van der Waals surface area contributed by atoms with Crippen LogP contribution in [0.15, 0.2) is 23.2 Å². The molecule has 208 valence electrons. The van der Waals surface area contributed by atoms with Gasteiger partial charge in [0.2, 0.25) is 0 Å². The van der Waals surface area contributed by atoms with Crippen LogP contribution in [0.5, 0.6) is 5.75 Å². The molecule has 20 heteroatoms. The fourth-order valence-corrected chi connectivity index (χ4v) is 2.14. The first-order chi connectivity index (χ1) is 15.8. The van der Waals surface area contributed by atoms with Crippen molar-refractivity contribution in [1.29, 1.82) is 0 Å². The van der Waals surface area contributed by atoms with Gasteiger partial charge in [-0.05, 0) is 18.6 Å². The first-order valence-electron chi connectivity index (χ1n) is 8.40. The average molecular weight is 636 g/mol. The van der Waals surface area contributed by atoms with Gasteiger partial charge in [-0.25, -0.2) is 0 Å². The first kappa shape index (κ1) is 34.9. The van der Waals surface area contributed by atoms with Gasteiger partial charge >= 0.3 is 77.4 Å². The zero-order valence-electron chi connectivity index (χ0n) is 16.8. The Morgan fingerprint density at radius 1 is 0.750 bits per heavy atom. The number of hydrogen-bond acceptors (Lipinski definition) is 2. The van der Waals surface area contributed by atoms with E-state index >= 15 is 0 Å². The molecule has 0 saturated carbocycles. The second-order valence-corrected chi connectivity index (χ2v) is 9.21. The van der Waals surface area contributed by atoms with Gasteiger partial charge in [0.25, 0.3) is 0 Å². The third-order valence-corrected chi connectivity index (χ3v) is 4.18. The molecule has 0 aromatic heterocycles. The van der Waals surface area contributed by atoms with E-state index in [1.807, 2.05) is 0 Å². The van der Waals surface area contributed by atoms with Crippen LogP contribution in [0.2, 0.25) is 0 Å². The molecule has 1 aromatic carbocycles. The first-order valence-corrected chi connectivity index (χ1v) is 12.7. The SMILES string of the molecule is Cc1cccc(C=NCC(F)(F)C(F)(F)C(F)(F)C(F)(F)C(F)(F)C(F)(F)C(F)(F)F)c1O.[Cl][Ti][Cl]. The second-order valence-electron chi connectivity index (χ2n) is 6.63. The van der Waals surface area contributed by atoms with Crippen LogP contribution in [0.4, 0.5) is 65.9 Å². The molecule has 1 rings (SSSR count). The maximum absolute atomic E-state index is 13.6. The third-order valence-electron chi connectivity index (χ3n) is 4.18. The summed E-state index contributed by atoms with van der Waals surface area (Å²) in [7, 11) is 9.78. The molecule has 0 atom stereocenters. The molecular weight excluding hydrogens is 626 g/mol. The van der Waals surface area contributed by atoms with Crippen LogP contribution in [0.1, 0.15) is 11.1 Å². The van der Waals surface area contributed by atoms with Gasteiger partial charge in [0.15, 0.2) is 0 Å². The fourth-order valence-electron chi connectivity index (χ4n) is 2.14. The van der Waals surface area contributed by atoms with Gasteiger partial charge < -0.3 is 5.11 Å². The number of aliphatic imine (C=N–C) groups is 1. The van der Waals surface area contributed by atoms with E-state index in [0.29, 0.717) is 0 Å². The summed E-state index contributed by atoms with van der Waals surface area (Å²) in [6, 6.07) is 3.36. The molecule has 0 aliphatic heterocycles. The number of alkyl halides is 15. The minimum absolute atomic E-state index is 0.0787. The van der Waals surface area contributed by atoms with Crippen LogP contribution in [-0.4, -0.2) is 59.6 Å².